The van der Waals surface area contributed by atoms with Gasteiger partial charge in [0.2, 0.25) is 0 Å². The van der Waals surface area contributed by atoms with E-state index in [9.17, 15) is 13.2 Å². The van der Waals surface area contributed by atoms with Crippen LogP contribution in [0.1, 0.15) is 40.6 Å². The SMILES string of the molecule is COc1cc(Nc2nc3c(s2)CCCC3c2ccc(OC(F)(F)F)cc2)ccc1-c1nc(C)c[nH]1. The first kappa shape index (κ1) is 23.2. The summed E-state index contributed by atoms with van der Waals surface area (Å²) in [5.41, 5.74) is 4.50. The summed E-state index contributed by atoms with van der Waals surface area (Å²) in [5, 5.41) is 4.14. The fraction of sp³-hybridized carbons (Fsp3) is 0.280. The van der Waals surface area contributed by atoms with Crippen molar-refractivity contribution < 1.29 is 22.6 Å². The fourth-order valence-corrected chi connectivity index (χ4v) is 5.42. The Bertz CT molecular complexity index is 1330. The Morgan fingerprint density at radius 3 is 2.60 bits per heavy atom. The van der Waals surface area contributed by atoms with Crippen molar-refractivity contribution in [3.63, 3.8) is 0 Å². The molecule has 2 N–H and O–H groups in total. The van der Waals surface area contributed by atoms with Crippen molar-refractivity contribution in [1.82, 2.24) is 15.0 Å². The maximum absolute atomic E-state index is 12.5. The molecule has 2 heterocycles. The third-order valence-electron chi connectivity index (χ3n) is 5.88. The summed E-state index contributed by atoms with van der Waals surface area (Å²) in [5.74, 6) is 1.24. The Kier molecular flexibility index (Phi) is 6.14. The van der Waals surface area contributed by atoms with Gasteiger partial charge in [0.25, 0.3) is 0 Å². The number of anilines is 2. The second kappa shape index (κ2) is 9.26. The van der Waals surface area contributed by atoms with Crippen LogP contribution < -0.4 is 14.8 Å². The van der Waals surface area contributed by atoms with E-state index in [1.165, 1.54) is 17.0 Å². The summed E-state index contributed by atoms with van der Waals surface area (Å²) in [6.45, 7) is 1.92. The number of H-pyrrole nitrogens is 1. The van der Waals surface area contributed by atoms with E-state index in [0.29, 0.717) is 5.75 Å². The molecule has 1 aliphatic carbocycles. The van der Waals surface area contributed by atoms with E-state index in [-0.39, 0.29) is 11.7 Å². The molecule has 0 saturated carbocycles. The maximum Gasteiger partial charge on any atom is 0.573 e. The molecule has 0 saturated heterocycles. The molecule has 1 atom stereocenters. The zero-order valence-corrected chi connectivity index (χ0v) is 19.9. The number of alkyl halides is 3. The number of aromatic nitrogens is 3. The van der Waals surface area contributed by atoms with Crippen molar-refractivity contribution in [2.45, 2.75) is 38.5 Å². The summed E-state index contributed by atoms with van der Waals surface area (Å²) in [4.78, 5) is 13.7. The fourth-order valence-electron chi connectivity index (χ4n) is 4.34. The van der Waals surface area contributed by atoms with Crippen molar-refractivity contribution >= 4 is 22.2 Å². The van der Waals surface area contributed by atoms with E-state index in [0.717, 1.165) is 58.4 Å². The molecule has 4 aromatic rings. The molecule has 10 heteroatoms. The highest BCUT2D eigenvalue weighted by molar-refractivity contribution is 7.15. The molecule has 0 radical (unpaired) electrons. The number of thiazole rings is 1. The molecule has 182 valence electrons. The highest BCUT2D eigenvalue weighted by Crippen LogP contribution is 2.42. The first-order chi connectivity index (χ1) is 16.8. The second-order valence-corrected chi connectivity index (χ2v) is 9.40. The third-order valence-corrected chi connectivity index (χ3v) is 6.93. The molecule has 2 aromatic heterocycles. The summed E-state index contributed by atoms with van der Waals surface area (Å²) in [7, 11) is 1.62. The number of hydrogen-bond acceptors (Lipinski definition) is 6. The zero-order valence-electron chi connectivity index (χ0n) is 19.1. The molecule has 0 bridgehead atoms. The van der Waals surface area contributed by atoms with Crippen LogP contribution in [0.3, 0.4) is 0 Å². The van der Waals surface area contributed by atoms with Gasteiger partial charge >= 0.3 is 6.36 Å². The average molecular weight is 501 g/mol. The van der Waals surface area contributed by atoms with Crippen LogP contribution in [0.15, 0.2) is 48.7 Å². The normalized spacial score (nSPS) is 15.5. The van der Waals surface area contributed by atoms with E-state index < -0.39 is 6.36 Å². The molecule has 35 heavy (non-hydrogen) atoms. The van der Waals surface area contributed by atoms with Gasteiger partial charge in [-0.3, -0.25) is 0 Å². The predicted molar refractivity (Wildman–Crippen MR) is 129 cm³/mol. The standard InChI is InChI=1S/C25H23F3N4O2S/c1-14-13-29-23(30-14)19-11-8-16(12-20(19)33-2)31-24-32-22-18(4-3-5-21(22)35-24)15-6-9-17(10-7-15)34-25(26,27)28/h6-13,18H,3-5H2,1-2H3,(H,29,30)(H,31,32). The van der Waals surface area contributed by atoms with Gasteiger partial charge < -0.3 is 19.8 Å². The van der Waals surface area contributed by atoms with Gasteiger partial charge in [0.1, 0.15) is 17.3 Å². The number of methoxy groups -OCH3 is 1. The quantitative estimate of drug-likeness (QED) is 0.299. The number of aryl methyl sites for hydroxylation is 2. The lowest BCUT2D eigenvalue weighted by molar-refractivity contribution is -0.274. The number of aromatic amines is 1. The number of ether oxygens (including phenoxy) is 2. The van der Waals surface area contributed by atoms with Crippen LogP contribution in [0, 0.1) is 6.92 Å². The van der Waals surface area contributed by atoms with E-state index in [4.69, 9.17) is 9.72 Å². The van der Waals surface area contributed by atoms with E-state index >= 15 is 0 Å². The number of halogens is 3. The van der Waals surface area contributed by atoms with Gasteiger partial charge in [0.15, 0.2) is 5.13 Å². The van der Waals surface area contributed by atoms with Gasteiger partial charge in [-0.05, 0) is 56.0 Å². The lowest BCUT2D eigenvalue weighted by Crippen LogP contribution is -2.17. The first-order valence-corrected chi connectivity index (χ1v) is 11.9. The zero-order chi connectivity index (χ0) is 24.6. The monoisotopic (exact) mass is 500 g/mol. The van der Waals surface area contributed by atoms with Gasteiger partial charge in [-0.15, -0.1) is 24.5 Å². The van der Waals surface area contributed by atoms with Crippen molar-refractivity contribution in [2.75, 3.05) is 12.4 Å². The van der Waals surface area contributed by atoms with Gasteiger partial charge in [0, 0.05) is 28.7 Å². The number of hydrogen-bond donors (Lipinski definition) is 2. The largest absolute Gasteiger partial charge is 0.573 e. The number of rotatable bonds is 6. The highest BCUT2D eigenvalue weighted by Gasteiger charge is 2.31. The Hall–Kier alpha value is -3.53. The van der Waals surface area contributed by atoms with Crippen molar-refractivity contribution in [3.05, 3.63) is 70.5 Å². The van der Waals surface area contributed by atoms with Crippen LogP contribution in [0.5, 0.6) is 11.5 Å². The number of nitrogens with one attached hydrogen (secondary N) is 2. The maximum atomic E-state index is 12.5. The van der Waals surface area contributed by atoms with Crippen molar-refractivity contribution in [3.8, 4) is 22.9 Å². The molecule has 6 nitrogen and oxygen atoms in total. The predicted octanol–water partition coefficient (Wildman–Crippen LogP) is 6.96. The highest BCUT2D eigenvalue weighted by atomic mass is 32.1. The molecule has 1 aliphatic rings. The summed E-state index contributed by atoms with van der Waals surface area (Å²) in [6.07, 6.45) is -0.0480. The molecule has 0 amide bonds. The molecular weight excluding hydrogens is 477 g/mol. The van der Waals surface area contributed by atoms with Crippen LogP contribution >= 0.6 is 11.3 Å². The topological polar surface area (TPSA) is 72.1 Å². The summed E-state index contributed by atoms with van der Waals surface area (Å²) >= 11 is 1.60. The summed E-state index contributed by atoms with van der Waals surface area (Å²) < 4.78 is 47.0. The minimum atomic E-state index is -4.70. The van der Waals surface area contributed by atoms with Crippen molar-refractivity contribution in [2.24, 2.45) is 0 Å². The Morgan fingerprint density at radius 1 is 1.11 bits per heavy atom. The third kappa shape index (κ3) is 5.12. The minimum absolute atomic E-state index is 0.0320. The Morgan fingerprint density at radius 2 is 1.91 bits per heavy atom. The van der Waals surface area contributed by atoms with Crippen LogP contribution in [-0.2, 0) is 6.42 Å². The lowest BCUT2D eigenvalue weighted by Gasteiger charge is -2.21. The number of fused-ring (bicyclic) bond motifs is 1. The second-order valence-electron chi connectivity index (χ2n) is 8.32. The minimum Gasteiger partial charge on any atom is -0.496 e. The van der Waals surface area contributed by atoms with E-state index in [1.54, 1.807) is 30.6 Å². The number of imidazole rings is 1. The smallest absolute Gasteiger partial charge is 0.496 e. The van der Waals surface area contributed by atoms with Gasteiger partial charge in [-0.1, -0.05) is 12.1 Å². The molecule has 0 spiro atoms. The molecule has 2 aromatic carbocycles. The average Bonchev–Trinajstić information content (AvgIpc) is 3.44. The van der Waals surface area contributed by atoms with E-state index in [2.05, 4.69) is 20.0 Å². The number of benzene rings is 2. The van der Waals surface area contributed by atoms with Crippen LogP contribution in [0.25, 0.3) is 11.4 Å². The molecule has 0 aliphatic heterocycles. The molecule has 0 fully saturated rings. The lowest BCUT2D eigenvalue weighted by atomic mass is 9.85. The Labute approximate surface area is 204 Å². The number of nitrogens with zero attached hydrogens (tertiary/aromatic N) is 2. The first-order valence-electron chi connectivity index (χ1n) is 11.1. The molecule has 1 unspecified atom stereocenters. The van der Waals surface area contributed by atoms with Crippen molar-refractivity contribution in [1.29, 1.82) is 0 Å². The van der Waals surface area contributed by atoms with Gasteiger partial charge in [-0.2, -0.15) is 0 Å². The molecular formula is C25H23F3N4O2S. The van der Waals surface area contributed by atoms with E-state index in [1.807, 2.05) is 31.3 Å². The Balaban J connectivity index is 1.36. The van der Waals surface area contributed by atoms with Crippen LogP contribution in [-0.4, -0.2) is 28.4 Å². The van der Waals surface area contributed by atoms with Crippen LogP contribution in [0.4, 0.5) is 24.0 Å². The van der Waals surface area contributed by atoms with Crippen LogP contribution in [0.2, 0.25) is 0 Å². The van der Waals surface area contributed by atoms with Gasteiger partial charge in [-0.25, -0.2) is 9.97 Å². The molecule has 5 rings (SSSR count). The summed E-state index contributed by atoms with van der Waals surface area (Å²) in [6, 6.07) is 11.9. The van der Waals surface area contributed by atoms with Gasteiger partial charge in [0.05, 0.1) is 24.1 Å².